The molecule has 5 rings (SSSR count). The van der Waals surface area contributed by atoms with Gasteiger partial charge in [-0.1, -0.05) is 0 Å². The van der Waals surface area contributed by atoms with Crippen molar-refractivity contribution in [2.75, 3.05) is 18.8 Å². The van der Waals surface area contributed by atoms with Crippen molar-refractivity contribution in [3.05, 3.63) is 47.5 Å². The van der Waals surface area contributed by atoms with Crippen LogP contribution in [-0.4, -0.2) is 79.5 Å². The Balaban J connectivity index is 1.54. The quantitative estimate of drug-likeness (QED) is 0.427. The monoisotopic (exact) mass is 640 g/mol. The zero-order chi connectivity index (χ0) is 32.5. The van der Waals surface area contributed by atoms with Crippen LogP contribution >= 0.6 is 0 Å². The van der Waals surface area contributed by atoms with E-state index in [1.54, 1.807) is 0 Å². The number of nitrogen functional groups attached to an aromatic ring is 1. The van der Waals surface area contributed by atoms with Crippen LogP contribution in [-0.2, 0) is 15.8 Å². The van der Waals surface area contributed by atoms with Crippen molar-refractivity contribution in [2.24, 2.45) is 5.92 Å². The molecule has 0 radical (unpaired) electrons. The summed E-state index contributed by atoms with van der Waals surface area (Å²) in [6, 6.07) is -0.148. The standard InChI is InChI=1S/C25H18F10N6O3/c26-14-2-1-10(3-12(14)16-4-13(24(30,31)32)18-19(36)37-9-38-41(16)18)21(43)40(22(44)25(33,34)35)17-8-39(7-15(17)27)20(42)11-5-23(28,29)6-11/h1-4,9,11,15,17H,5-8H2,(H2,36,37,38)/t15-,17+/m0/s1. The number of likely N-dealkylation sites (tertiary alicyclic amines) is 1. The molecule has 236 valence electrons. The predicted molar refractivity (Wildman–Crippen MR) is 128 cm³/mol. The van der Waals surface area contributed by atoms with Crippen LogP contribution in [0.3, 0.4) is 0 Å². The van der Waals surface area contributed by atoms with E-state index in [1.165, 1.54) is 0 Å². The Morgan fingerprint density at radius 3 is 2.27 bits per heavy atom. The van der Waals surface area contributed by atoms with E-state index in [0.717, 1.165) is 6.33 Å². The van der Waals surface area contributed by atoms with Gasteiger partial charge in [0.2, 0.25) is 11.8 Å². The summed E-state index contributed by atoms with van der Waals surface area (Å²) < 4.78 is 139. The van der Waals surface area contributed by atoms with Gasteiger partial charge in [0.25, 0.3) is 5.91 Å². The second-order valence-electron chi connectivity index (χ2n) is 10.3. The summed E-state index contributed by atoms with van der Waals surface area (Å²) in [5, 5.41) is 3.62. The molecule has 2 aliphatic rings. The largest absolute Gasteiger partial charge is 0.471 e. The lowest BCUT2D eigenvalue weighted by Crippen LogP contribution is -2.54. The molecule has 3 heterocycles. The van der Waals surface area contributed by atoms with Gasteiger partial charge in [-0.2, -0.15) is 31.4 Å². The van der Waals surface area contributed by atoms with Gasteiger partial charge >= 0.3 is 18.3 Å². The highest BCUT2D eigenvalue weighted by atomic mass is 19.4. The van der Waals surface area contributed by atoms with Gasteiger partial charge in [-0.05, 0) is 24.3 Å². The third-order valence-electron chi connectivity index (χ3n) is 7.36. The molecule has 1 aromatic carbocycles. The SMILES string of the molecule is Nc1ncnn2c(-c3cc(C(=O)N(C(=O)C(F)(F)F)[C@@H]4CN(C(=O)C5CC(F)(F)C5)C[C@@H]4F)ccc3F)cc(C(F)(F)F)c12. The molecule has 9 nitrogen and oxygen atoms in total. The normalized spacial score (nSPS) is 20.5. The molecule has 0 unspecified atom stereocenters. The third kappa shape index (κ3) is 5.38. The van der Waals surface area contributed by atoms with Crippen LogP contribution < -0.4 is 5.73 Å². The summed E-state index contributed by atoms with van der Waals surface area (Å²) in [5.41, 5.74) is 1.05. The van der Waals surface area contributed by atoms with Gasteiger partial charge in [-0.25, -0.2) is 27.1 Å². The van der Waals surface area contributed by atoms with Gasteiger partial charge in [0.15, 0.2) is 5.82 Å². The number of amides is 3. The van der Waals surface area contributed by atoms with Crippen molar-refractivity contribution in [2.45, 2.75) is 43.3 Å². The maximum atomic E-state index is 15.1. The minimum absolute atomic E-state index is 0.410. The number of fused-ring (bicyclic) bond motifs is 1. The second-order valence-corrected chi connectivity index (χ2v) is 10.3. The Labute approximate surface area is 239 Å². The first kappa shape index (κ1) is 31.0. The Hall–Kier alpha value is -4.45. The maximum absolute atomic E-state index is 15.1. The Morgan fingerprint density at radius 1 is 1.02 bits per heavy atom. The highest BCUT2D eigenvalue weighted by Gasteiger charge is 2.55. The highest BCUT2D eigenvalue weighted by Crippen LogP contribution is 2.44. The number of aromatic nitrogens is 3. The molecule has 1 aliphatic carbocycles. The molecular formula is C25H18F10N6O3. The summed E-state index contributed by atoms with van der Waals surface area (Å²) in [5.74, 6) is -12.0. The van der Waals surface area contributed by atoms with E-state index in [2.05, 4.69) is 10.1 Å². The lowest BCUT2D eigenvalue weighted by molar-refractivity contribution is -0.184. The van der Waals surface area contributed by atoms with Crippen molar-refractivity contribution in [3.8, 4) is 11.3 Å². The van der Waals surface area contributed by atoms with Crippen molar-refractivity contribution >= 4 is 29.1 Å². The molecule has 1 aliphatic heterocycles. The third-order valence-corrected chi connectivity index (χ3v) is 7.36. The number of carbonyl (C=O) groups is 3. The number of halogens is 10. The number of carbonyl (C=O) groups excluding carboxylic acids is 3. The lowest BCUT2D eigenvalue weighted by atomic mass is 9.80. The first-order chi connectivity index (χ1) is 20.3. The number of imide groups is 1. The lowest BCUT2D eigenvalue weighted by Gasteiger charge is -2.36. The maximum Gasteiger partial charge on any atom is 0.471 e. The second kappa shape index (κ2) is 10.3. The van der Waals surface area contributed by atoms with Gasteiger partial charge in [0, 0.05) is 36.4 Å². The Kier molecular flexibility index (Phi) is 7.27. The zero-order valence-electron chi connectivity index (χ0n) is 21.8. The van der Waals surface area contributed by atoms with E-state index in [1.807, 2.05) is 0 Å². The van der Waals surface area contributed by atoms with Gasteiger partial charge in [0.1, 0.15) is 23.8 Å². The molecule has 3 aromatic rings. The van der Waals surface area contributed by atoms with E-state index in [9.17, 15) is 53.9 Å². The number of rotatable bonds is 4. The minimum Gasteiger partial charge on any atom is -0.382 e. The molecule has 0 spiro atoms. The van der Waals surface area contributed by atoms with E-state index in [-0.39, 0.29) is 0 Å². The van der Waals surface area contributed by atoms with Crippen molar-refractivity contribution in [3.63, 3.8) is 0 Å². The molecular weight excluding hydrogens is 622 g/mol. The van der Waals surface area contributed by atoms with Crippen LogP contribution in [0.5, 0.6) is 0 Å². The zero-order valence-corrected chi connectivity index (χ0v) is 21.8. The topological polar surface area (TPSA) is 114 Å². The molecule has 2 atom stereocenters. The number of benzene rings is 1. The van der Waals surface area contributed by atoms with Crippen LogP contribution in [0.25, 0.3) is 16.8 Å². The highest BCUT2D eigenvalue weighted by molar-refractivity contribution is 6.07. The number of alkyl halides is 9. The number of hydrogen-bond acceptors (Lipinski definition) is 6. The smallest absolute Gasteiger partial charge is 0.382 e. The van der Waals surface area contributed by atoms with E-state index in [4.69, 9.17) is 5.73 Å². The van der Waals surface area contributed by atoms with Crippen molar-refractivity contribution < 1.29 is 58.3 Å². The Morgan fingerprint density at radius 2 is 1.68 bits per heavy atom. The van der Waals surface area contributed by atoms with Gasteiger partial charge < -0.3 is 10.6 Å². The van der Waals surface area contributed by atoms with E-state index < -0.39 is 124 Å². The first-order valence-corrected chi connectivity index (χ1v) is 12.5. The van der Waals surface area contributed by atoms with Crippen molar-refractivity contribution in [1.82, 2.24) is 24.4 Å². The van der Waals surface area contributed by atoms with E-state index >= 15 is 4.39 Å². The number of hydrogen-bond donors (Lipinski definition) is 1. The fourth-order valence-corrected chi connectivity index (χ4v) is 5.26. The average Bonchev–Trinajstić information content (AvgIpc) is 3.48. The Bertz CT molecular complexity index is 1660. The van der Waals surface area contributed by atoms with Crippen LogP contribution in [0.15, 0.2) is 30.6 Å². The molecule has 19 heteroatoms. The summed E-state index contributed by atoms with van der Waals surface area (Å²) in [6.07, 6.45) is -14.2. The van der Waals surface area contributed by atoms with Crippen LogP contribution in [0, 0.1) is 11.7 Å². The average molecular weight is 640 g/mol. The molecule has 2 fully saturated rings. The fourth-order valence-electron chi connectivity index (χ4n) is 5.26. The van der Waals surface area contributed by atoms with Gasteiger partial charge in [-0.3, -0.25) is 19.3 Å². The first-order valence-electron chi connectivity index (χ1n) is 12.5. The number of nitrogens with two attached hydrogens (primary N) is 1. The number of nitrogens with zero attached hydrogens (tertiary/aromatic N) is 5. The molecule has 1 saturated carbocycles. The summed E-state index contributed by atoms with van der Waals surface area (Å²) in [7, 11) is 0. The van der Waals surface area contributed by atoms with Crippen LogP contribution in [0.2, 0.25) is 0 Å². The molecule has 44 heavy (non-hydrogen) atoms. The van der Waals surface area contributed by atoms with Gasteiger partial charge in [-0.15, -0.1) is 0 Å². The van der Waals surface area contributed by atoms with E-state index in [0.29, 0.717) is 33.7 Å². The molecule has 3 amide bonds. The molecule has 2 aromatic heterocycles. The minimum atomic E-state index is -5.75. The summed E-state index contributed by atoms with van der Waals surface area (Å²) in [4.78, 5) is 41.9. The van der Waals surface area contributed by atoms with Crippen molar-refractivity contribution in [1.29, 1.82) is 0 Å². The van der Waals surface area contributed by atoms with Crippen LogP contribution in [0.1, 0.15) is 28.8 Å². The fraction of sp³-hybridized carbons (Fsp3) is 0.400. The molecule has 2 N–H and O–H groups in total. The number of anilines is 1. The summed E-state index contributed by atoms with van der Waals surface area (Å²) >= 11 is 0. The molecule has 0 bridgehead atoms. The van der Waals surface area contributed by atoms with Crippen LogP contribution in [0.4, 0.5) is 49.7 Å². The molecule has 1 saturated heterocycles. The predicted octanol–water partition coefficient (Wildman–Crippen LogP) is 4.26. The summed E-state index contributed by atoms with van der Waals surface area (Å²) in [6.45, 7) is -1.87. The van der Waals surface area contributed by atoms with Gasteiger partial charge in [0.05, 0.1) is 23.8 Å².